The average Bonchev–Trinajstić information content (AvgIpc) is 2.38. The number of halogens is 3. The standard InChI is InChI=1S/C14H11BrF2S/c1-18-11-5-2-9(3-6-11)14(15)12-7-4-10(16)8-13(12)17/h2-8,14H,1H3. The molecule has 18 heavy (non-hydrogen) atoms. The average molecular weight is 329 g/mol. The van der Waals surface area contributed by atoms with Gasteiger partial charge in [0.25, 0.3) is 0 Å². The van der Waals surface area contributed by atoms with Crippen LogP contribution in [0.4, 0.5) is 8.78 Å². The minimum absolute atomic E-state index is 0.269. The number of hydrogen-bond donors (Lipinski definition) is 0. The van der Waals surface area contributed by atoms with Crippen molar-refractivity contribution in [2.75, 3.05) is 6.26 Å². The Balaban J connectivity index is 2.31. The molecule has 0 N–H and O–H groups in total. The van der Waals surface area contributed by atoms with E-state index in [1.165, 1.54) is 12.1 Å². The molecule has 0 heterocycles. The maximum Gasteiger partial charge on any atom is 0.130 e. The van der Waals surface area contributed by atoms with Gasteiger partial charge in [0.15, 0.2) is 0 Å². The van der Waals surface area contributed by atoms with Crippen LogP contribution in [0.15, 0.2) is 47.4 Å². The van der Waals surface area contributed by atoms with E-state index in [9.17, 15) is 8.78 Å². The largest absolute Gasteiger partial charge is 0.207 e. The van der Waals surface area contributed by atoms with Crippen LogP contribution in [-0.2, 0) is 0 Å². The van der Waals surface area contributed by atoms with E-state index in [4.69, 9.17) is 0 Å². The summed E-state index contributed by atoms with van der Waals surface area (Å²) in [4.78, 5) is 0.882. The van der Waals surface area contributed by atoms with Crippen molar-refractivity contribution in [1.29, 1.82) is 0 Å². The Kier molecular flexibility index (Phi) is 4.40. The molecular weight excluding hydrogens is 318 g/mol. The molecule has 0 saturated carbocycles. The number of alkyl halides is 1. The zero-order valence-corrected chi connectivity index (χ0v) is 12.1. The monoisotopic (exact) mass is 328 g/mol. The van der Waals surface area contributed by atoms with Crippen LogP contribution in [0.25, 0.3) is 0 Å². The molecule has 0 nitrogen and oxygen atoms in total. The molecule has 0 fully saturated rings. The highest BCUT2D eigenvalue weighted by Gasteiger charge is 2.15. The maximum atomic E-state index is 13.7. The van der Waals surface area contributed by atoms with Crippen LogP contribution < -0.4 is 0 Å². The van der Waals surface area contributed by atoms with Gasteiger partial charge in [0.1, 0.15) is 11.6 Å². The Morgan fingerprint density at radius 3 is 2.28 bits per heavy atom. The third-order valence-corrected chi connectivity index (χ3v) is 4.41. The van der Waals surface area contributed by atoms with E-state index in [0.29, 0.717) is 5.56 Å². The molecule has 0 aliphatic carbocycles. The van der Waals surface area contributed by atoms with Crippen molar-refractivity contribution < 1.29 is 8.78 Å². The number of benzene rings is 2. The molecule has 2 aromatic rings. The van der Waals surface area contributed by atoms with Gasteiger partial charge >= 0.3 is 0 Å². The molecule has 0 aliphatic heterocycles. The lowest BCUT2D eigenvalue weighted by atomic mass is 10.0. The summed E-state index contributed by atoms with van der Waals surface area (Å²) in [5.74, 6) is -1.10. The summed E-state index contributed by atoms with van der Waals surface area (Å²) in [5.41, 5.74) is 1.38. The van der Waals surface area contributed by atoms with Crippen molar-refractivity contribution in [3.05, 3.63) is 65.2 Å². The second kappa shape index (κ2) is 5.85. The van der Waals surface area contributed by atoms with Crippen LogP contribution in [0.3, 0.4) is 0 Å². The van der Waals surface area contributed by atoms with Crippen LogP contribution >= 0.6 is 27.7 Å². The van der Waals surface area contributed by atoms with Crippen LogP contribution in [0, 0.1) is 11.6 Å². The van der Waals surface area contributed by atoms with E-state index in [1.807, 2.05) is 30.5 Å². The van der Waals surface area contributed by atoms with Crippen LogP contribution in [0.5, 0.6) is 0 Å². The van der Waals surface area contributed by atoms with E-state index in [-0.39, 0.29) is 4.83 Å². The SMILES string of the molecule is CSc1ccc(C(Br)c2ccc(F)cc2F)cc1. The van der Waals surface area contributed by atoms with Gasteiger partial charge in [0, 0.05) is 16.5 Å². The van der Waals surface area contributed by atoms with Gasteiger partial charge in [-0.25, -0.2) is 8.78 Å². The molecule has 2 aromatic carbocycles. The second-order valence-electron chi connectivity index (χ2n) is 3.80. The Morgan fingerprint density at radius 1 is 1.06 bits per heavy atom. The molecule has 2 rings (SSSR count). The van der Waals surface area contributed by atoms with Gasteiger partial charge in [0.2, 0.25) is 0 Å². The Hall–Kier alpha value is -0.870. The van der Waals surface area contributed by atoms with E-state index in [2.05, 4.69) is 15.9 Å². The highest BCUT2D eigenvalue weighted by molar-refractivity contribution is 9.09. The molecule has 0 saturated heterocycles. The molecular formula is C14H11BrF2S. The predicted molar refractivity (Wildman–Crippen MR) is 75.4 cm³/mol. The number of rotatable bonds is 3. The van der Waals surface area contributed by atoms with E-state index in [1.54, 1.807) is 11.8 Å². The molecule has 0 bridgehead atoms. The molecule has 0 radical (unpaired) electrons. The summed E-state index contributed by atoms with van der Waals surface area (Å²) in [5, 5.41) is 0. The lowest BCUT2D eigenvalue weighted by Crippen LogP contribution is -1.97. The zero-order chi connectivity index (χ0) is 13.1. The minimum atomic E-state index is -0.561. The molecule has 0 amide bonds. The Morgan fingerprint density at radius 2 is 1.72 bits per heavy atom. The molecule has 4 heteroatoms. The highest BCUT2D eigenvalue weighted by Crippen LogP contribution is 2.33. The van der Waals surface area contributed by atoms with Gasteiger partial charge in [-0.3, -0.25) is 0 Å². The molecule has 94 valence electrons. The normalized spacial score (nSPS) is 12.4. The van der Waals surface area contributed by atoms with Crippen molar-refractivity contribution in [3.63, 3.8) is 0 Å². The maximum absolute atomic E-state index is 13.7. The fourth-order valence-electron chi connectivity index (χ4n) is 1.66. The fraction of sp³-hybridized carbons (Fsp3) is 0.143. The molecule has 1 unspecified atom stereocenters. The molecule has 0 aromatic heterocycles. The predicted octanol–water partition coefficient (Wildman–Crippen LogP) is 5.17. The molecule has 1 atom stereocenters. The topological polar surface area (TPSA) is 0 Å². The number of thioether (sulfide) groups is 1. The minimum Gasteiger partial charge on any atom is -0.207 e. The molecule has 0 spiro atoms. The summed E-state index contributed by atoms with van der Waals surface area (Å²) < 4.78 is 26.5. The number of hydrogen-bond acceptors (Lipinski definition) is 1. The second-order valence-corrected chi connectivity index (χ2v) is 5.60. The third kappa shape index (κ3) is 2.93. The van der Waals surface area contributed by atoms with Gasteiger partial charge < -0.3 is 0 Å². The summed E-state index contributed by atoms with van der Waals surface area (Å²) in [6.45, 7) is 0. The van der Waals surface area contributed by atoms with Crippen LogP contribution in [0.1, 0.15) is 16.0 Å². The Bertz CT molecular complexity index is 540. The van der Waals surface area contributed by atoms with Gasteiger partial charge in [-0.15, -0.1) is 11.8 Å². The first-order valence-corrected chi connectivity index (χ1v) is 7.49. The third-order valence-electron chi connectivity index (χ3n) is 2.64. The smallest absolute Gasteiger partial charge is 0.130 e. The van der Waals surface area contributed by atoms with Crippen LogP contribution in [0.2, 0.25) is 0 Å². The zero-order valence-electron chi connectivity index (χ0n) is 9.66. The van der Waals surface area contributed by atoms with Gasteiger partial charge in [-0.1, -0.05) is 34.1 Å². The van der Waals surface area contributed by atoms with E-state index in [0.717, 1.165) is 16.5 Å². The van der Waals surface area contributed by atoms with Crippen molar-refractivity contribution in [2.45, 2.75) is 9.72 Å². The highest BCUT2D eigenvalue weighted by atomic mass is 79.9. The van der Waals surface area contributed by atoms with Gasteiger partial charge in [-0.05, 0) is 30.0 Å². The first-order chi connectivity index (χ1) is 8.61. The van der Waals surface area contributed by atoms with Gasteiger partial charge in [0.05, 0.1) is 4.83 Å². The lowest BCUT2D eigenvalue weighted by molar-refractivity contribution is 0.574. The van der Waals surface area contributed by atoms with E-state index < -0.39 is 11.6 Å². The Labute approximate surface area is 118 Å². The first kappa shape index (κ1) is 13.6. The lowest BCUT2D eigenvalue weighted by Gasteiger charge is -2.12. The molecule has 0 aliphatic rings. The van der Waals surface area contributed by atoms with E-state index >= 15 is 0 Å². The van der Waals surface area contributed by atoms with Crippen molar-refractivity contribution in [3.8, 4) is 0 Å². The van der Waals surface area contributed by atoms with Crippen molar-refractivity contribution >= 4 is 27.7 Å². The summed E-state index contributed by atoms with van der Waals surface area (Å²) in [7, 11) is 0. The summed E-state index contributed by atoms with van der Waals surface area (Å²) in [6, 6.07) is 11.5. The quantitative estimate of drug-likeness (QED) is 0.553. The van der Waals surface area contributed by atoms with Crippen molar-refractivity contribution in [2.24, 2.45) is 0 Å². The fourth-order valence-corrected chi connectivity index (χ4v) is 2.74. The van der Waals surface area contributed by atoms with Crippen LogP contribution in [-0.4, -0.2) is 6.26 Å². The van der Waals surface area contributed by atoms with Gasteiger partial charge in [-0.2, -0.15) is 0 Å². The first-order valence-electron chi connectivity index (χ1n) is 5.35. The summed E-state index contributed by atoms with van der Waals surface area (Å²) >= 11 is 5.10. The summed E-state index contributed by atoms with van der Waals surface area (Å²) in [6.07, 6.45) is 2.00. The van der Waals surface area contributed by atoms with Crippen molar-refractivity contribution in [1.82, 2.24) is 0 Å².